The van der Waals surface area contributed by atoms with Crippen LogP contribution >= 0.6 is 0 Å². The molecule has 3 N–H and O–H groups in total. The predicted molar refractivity (Wildman–Crippen MR) is 71.2 cm³/mol. The predicted octanol–water partition coefficient (Wildman–Crippen LogP) is 0.500. The smallest absolute Gasteiger partial charge is 0.0608 e. The molecule has 2 saturated heterocycles. The van der Waals surface area contributed by atoms with Crippen LogP contribution in [0.15, 0.2) is 0 Å². The maximum absolute atomic E-state index is 6.04. The molecular weight excluding hydrogens is 230 g/mol. The summed E-state index contributed by atoms with van der Waals surface area (Å²) in [5, 5.41) is 2.27. The fourth-order valence-electron chi connectivity index (χ4n) is 2.87. The molecule has 2 unspecified atom stereocenters. The second kappa shape index (κ2) is 6.82. The van der Waals surface area contributed by atoms with Crippen LogP contribution < -0.4 is 11.2 Å². The van der Waals surface area contributed by atoms with Gasteiger partial charge in [0.05, 0.1) is 19.3 Å². The summed E-state index contributed by atoms with van der Waals surface area (Å²) in [7, 11) is 0. The first kappa shape index (κ1) is 14.2. The molecular formula is C13H27N3O2. The van der Waals surface area contributed by atoms with Crippen molar-refractivity contribution in [3.05, 3.63) is 0 Å². The molecule has 0 aromatic carbocycles. The van der Waals surface area contributed by atoms with Crippen LogP contribution in [0.25, 0.3) is 0 Å². The van der Waals surface area contributed by atoms with Gasteiger partial charge < -0.3 is 15.2 Å². The minimum absolute atomic E-state index is 0.0232. The van der Waals surface area contributed by atoms with Crippen molar-refractivity contribution in [2.45, 2.75) is 44.2 Å². The molecule has 0 bridgehead atoms. The molecule has 0 aliphatic carbocycles. The van der Waals surface area contributed by atoms with Gasteiger partial charge in [-0.05, 0) is 19.3 Å². The molecule has 0 radical (unpaired) electrons. The SMILES string of the molecule is CCCC1CC(CN)(NN2CCOCC2)CCO1. The molecule has 0 aromatic heterocycles. The van der Waals surface area contributed by atoms with E-state index >= 15 is 0 Å². The summed E-state index contributed by atoms with van der Waals surface area (Å²) >= 11 is 0. The van der Waals surface area contributed by atoms with Crippen LogP contribution in [0.3, 0.4) is 0 Å². The number of nitrogens with two attached hydrogens (primary N) is 1. The lowest BCUT2D eigenvalue weighted by atomic mass is 9.86. The summed E-state index contributed by atoms with van der Waals surface area (Å²) in [6, 6.07) is 0. The Balaban J connectivity index is 1.91. The van der Waals surface area contributed by atoms with Crippen LogP contribution in [0.5, 0.6) is 0 Å². The van der Waals surface area contributed by atoms with E-state index in [9.17, 15) is 0 Å². The Bertz CT molecular complexity index is 244. The van der Waals surface area contributed by atoms with E-state index in [0.717, 1.165) is 52.2 Å². The number of hydrazine groups is 1. The monoisotopic (exact) mass is 257 g/mol. The van der Waals surface area contributed by atoms with E-state index in [-0.39, 0.29) is 5.54 Å². The van der Waals surface area contributed by atoms with Crippen molar-refractivity contribution in [1.29, 1.82) is 0 Å². The van der Waals surface area contributed by atoms with Crippen molar-refractivity contribution in [2.24, 2.45) is 5.73 Å². The van der Waals surface area contributed by atoms with Crippen LogP contribution in [0.1, 0.15) is 32.6 Å². The van der Waals surface area contributed by atoms with E-state index in [1.807, 2.05) is 0 Å². The highest BCUT2D eigenvalue weighted by molar-refractivity contribution is 4.93. The van der Waals surface area contributed by atoms with Crippen molar-refractivity contribution in [3.8, 4) is 0 Å². The molecule has 0 aromatic rings. The number of hydrogen-bond acceptors (Lipinski definition) is 5. The highest BCUT2D eigenvalue weighted by atomic mass is 16.5. The van der Waals surface area contributed by atoms with Gasteiger partial charge in [-0.2, -0.15) is 0 Å². The Labute approximate surface area is 110 Å². The molecule has 2 aliphatic heterocycles. The fourth-order valence-corrected chi connectivity index (χ4v) is 2.87. The van der Waals surface area contributed by atoms with Gasteiger partial charge in [0.2, 0.25) is 0 Å². The van der Waals surface area contributed by atoms with Crippen molar-refractivity contribution >= 4 is 0 Å². The van der Waals surface area contributed by atoms with Crippen molar-refractivity contribution in [1.82, 2.24) is 10.4 Å². The molecule has 2 rings (SSSR count). The number of ether oxygens (including phenoxy) is 2. The van der Waals surface area contributed by atoms with Gasteiger partial charge in [0.15, 0.2) is 0 Å². The Kier molecular flexibility index (Phi) is 5.38. The van der Waals surface area contributed by atoms with Crippen molar-refractivity contribution < 1.29 is 9.47 Å². The van der Waals surface area contributed by atoms with Gasteiger partial charge in [0, 0.05) is 31.8 Å². The molecule has 2 fully saturated rings. The van der Waals surface area contributed by atoms with E-state index < -0.39 is 0 Å². The molecule has 106 valence electrons. The maximum atomic E-state index is 6.04. The van der Waals surface area contributed by atoms with Gasteiger partial charge in [0.1, 0.15) is 0 Å². The first-order valence-electron chi connectivity index (χ1n) is 7.20. The van der Waals surface area contributed by atoms with E-state index in [1.165, 1.54) is 6.42 Å². The molecule has 2 aliphatic rings. The lowest BCUT2D eigenvalue weighted by Gasteiger charge is -2.45. The third kappa shape index (κ3) is 3.65. The first-order valence-corrected chi connectivity index (χ1v) is 7.20. The Hall–Kier alpha value is -0.200. The molecule has 5 heteroatoms. The van der Waals surface area contributed by atoms with Gasteiger partial charge in [-0.3, -0.25) is 0 Å². The zero-order chi connectivity index (χ0) is 12.8. The summed E-state index contributed by atoms with van der Waals surface area (Å²) in [4.78, 5) is 0. The largest absolute Gasteiger partial charge is 0.379 e. The van der Waals surface area contributed by atoms with Gasteiger partial charge in [0.25, 0.3) is 0 Å². The topological polar surface area (TPSA) is 59.8 Å². The van der Waals surface area contributed by atoms with Gasteiger partial charge in [-0.25, -0.2) is 10.4 Å². The number of morpholine rings is 1. The van der Waals surface area contributed by atoms with E-state index in [1.54, 1.807) is 0 Å². The summed E-state index contributed by atoms with van der Waals surface area (Å²) in [6.45, 7) is 7.21. The Morgan fingerprint density at radius 1 is 1.33 bits per heavy atom. The first-order chi connectivity index (χ1) is 8.78. The number of rotatable bonds is 5. The molecule has 0 amide bonds. The van der Waals surface area contributed by atoms with E-state index in [0.29, 0.717) is 12.6 Å². The van der Waals surface area contributed by atoms with E-state index in [4.69, 9.17) is 15.2 Å². The average molecular weight is 257 g/mol. The van der Waals surface area contributed by atoms with E-state index in [2.05, 4.69) is 17.4 Å². The maximum Gasteiger partial charge on any atom is 0.0608 e. The van der Waals surface area contributed by atoms with Crippen LogP contribution in [0.2, 0.25) is 0 Å². The lowest BCUT2D eigenvalue weighted by Crippen LogP contribution is -2.63. The van der Waals surface area contributed by atoms with Crippen LogP contribution in [0, 0.1) is 0 Å². The number of hydrogen-bond donors (Lipinski definition) is 2. The number of nitrogens with one attached hydrogen (secondary N) is 1. The third-order valence-electron chi connectivity index (χ3n) is 3.96. The third-order valence-corrected chi connectivity index (χ3v) is 3.96. The fraction of sp³-hybridized carbons (Fsp3) is 1.00. The minimum Gasteiger partial charge on any atom is -0.379 e. The summed E-state index contributed by atoms with van der Waals surface area (Å²) in [5.41, 5.74) is 9.72. The zero-order valence-electron chi connectivity index (χ0n) is 11.5. The zero-order valence-corrected chi connectivity index (χ0v) is 11.5. The molecule has 2 heterocycles. The van der Waals surface area contributed by atoms with Crippen LogP contribution in [-0.4, -0.2) is 56.1 Å². The molecule has 2 atom stereocenters. The second-order valence-electron chi connectivity index (χ2n) is 5.43. The molecule has 18 heavy (non-hydrogen) atoms. The van der Waals surface area contributed by atoms with Crippen molar-refractivity contribution in [2.75, 3.05) is 39.5 Å². The minimum atomic E-state index is 0.0232. The van der Waals surface area contributed by atoms with Crippen molar-refractivity contribution in [3.63, 3.8) is 0 Å². The number of nitrogens with zero attached hydrogens (tertiary/aromatic N) is 1. The Morgan fingerprint density at radius 3 is 2.78 bits per heavy atom. The molecule has 0 spiro atoms. The normalized spacial score (nSPS) is 34.7. The highest BCUT2D eigenvalue weighted by Crippen LogP contribution is 2.27. The highest BCUT2D eigenvalue weighted by Gasteiger charge is 2.37. The van der Waals surface area contributed by atoms with Gasteiger partial charge in [-0.15, -0.1) is 0 Å². The summed E-state index contributed by atoms with van der Waals surface area (Å²) in [6.07, 6.45) is 4.69. The second-order valence-corrected chi connectivity index (χ2v) is 5.43. The standard InChI is InChI=1S/C13H27N3O2/c1-2-3-12-10-13(11-14,4-7-18-12)15-16-5-8-17-9-6-16/h12,15H,2-11,14H2,1H3. The van der Waals surface area contributed by atoms with Gasteiger partial charge >= 0.3 is 0 Å². The van der Waals surface area contributed by atoms with Crippen LogP contribution in [0.4, 0.5) is 0 Å². The van der Waals surface area contributed by atoms with Crippen LogP contribution in [-0.2, 0) is 9.47 Å². The summed E-state index contributed by atoms with van der Waals surface area (Å²) in [5.74, 6) is 0. The quantitative estimate of drug-likeness (QED) is 0.751. The van der Waals surface area contributed by atoms with Gasteiger partial charge in [-0.1, -0.05) is 13.3 Å². The molecule has 0 saturated carbocycles. The molecule has 5 nitrogen and oxygen atoms in total. The summed E-state index contributed by atoms with van der Waals surface area (Å²) < 4.78 is 11.2. The Morgan fingerprint density at radius 2 is 2.11 bits per heavy atom. The average Bonchev–Trinajstić information content (AvgIpc) is 2.41. The lowest BCUT2D eigenvalue weighted by molar-refractivity contribution is -0.0711.